The highest BCUT2D eigenvalue weighted by Crippen LogP contribution is 2.15. The second kappa shape index (κ2) is 12.3. The van der Waals surface area contributed by atoms with E-state index in [1.165, 1.54) is 19.3 Å². The van der Waals surface area contributed by atoms with Gasteiger partial charge >= 0.3 is 5.97 Å². The number of rotatable bonds is 13. The number of aryl methyl sites for hydroxylation is 1. The first-order chi connectivity index (χ1) is 12.0. The summed E-state index contributed by atoms with van der Waals surface area (Å²) >= 11 is 0. The number of nitrogens with one attached hydrogen (secondary N) is 1. The molecule has 1 aromatic rings. The molecular weight excluding hydrogens is 322 g/mol. The molecule has 1 amide bonds. The number of ether oxygens (including phenoxy) is 1. The number of aliphatic hydroxyl groups excluding tert-OH is 1. The third kappa shape index (κ3) is 9.72. The third-order valence-corrected chi connectivity index (χ3v) is 3.79. The van der Waals surface area contributed by atoms with Gasteiger partial charge in [-0.25, -0.2) is 4.79 Å². The zero-order valence-corrected chi connectivity index (χ0v) is 14.9. The Labute approximate surface area is 149 Å². The topological polar surface area (TPSA) is 95.9 Å². The van der Waals surface area contributed by atoms with Crippen LogP contribution < -0.4 is 10.1 Å². The van der Waals surface area contributed by atoms with Crippen molar-refractivity contribution in [3.8, 4) is 5.75 Å². The van der Waals surface area contributed by atoms with Crippen LogP contribution in [0.1, 0.15) is 51.0 Å². The van der Waals surface area contributed by atoms with Crippen LogP contribution >= 0.6 is 0 Å². The van der Waals surface area contributed by atoms with E-state index in [-0.39, 0.29) is 0 Å². The highest BCUT2D eigenvalue weighted by molar-refractivity contribution is 5.83. The molecule has 1 aromatic carbocycles. The first-order valence-electron chi connectivity index (χ1n) is 8.92. The number of aliphatic hydroxyl groups is 1. The van der Waals surface area contributed by atoms with Crippen molar-refractivity contribution in [1.29, 1.82) is 0 Å². The number of hydrogen-bond donors (Lipinski definition) is 3. The van der Waals surface area contributed by atoms with Crippen molar-refractivity contribution < 1.29 is 24.5 Å². The van der Waals surface area contributed by atoms with Crippen molar-refractivity contribution in [2.24, 2.45) is 0 Å². The van der Waals surface area contributed by atoms with Crippen LogP contribution in [0.2, 0.25) is 0 Å². The highest BCUT2D eigenvalue weighted by atomic mass is 16.5. The van der Waals surface area contributed by atoms with E-state index in [0.29, 0.717) is 6.54 Å². The molecule has 0 radical (unpaired) electrons. The van der Waals surface area contributed by atoms with E-state index in [2.05, 4.69) is 12.2 Å². The normalized spacial score (nSPS) is 11.8. The highest BCUT2D eigenvalue weighted by Gasteiger charge is 2.17. The molecular formula is C19H29NO5. The molecule has 0 fully saturated rings. The fraction of sp³-hybridized carbons (Fsp3) is 0.579. The third-order valence-electron chi connectivity index (χ3n) is 3.79. The first-order valence-corrected chi connectivity index (χ1v) is 8.92. The average Bonchev–Trinajstić information content (AvgIpc) is 2.59. The molecule has 0 aliphatic heterocycles. The molecule has 6 heteroatoms. The second-order valence-electron chi connectivity index (χ2n) is 6.07. The second-order valence-corrected chi connectivity index (χ2v) is 6.07. The Hall–Kier alpha value is -2.08. The molecule has 0 aliphatic carbocycles. The van der Waals surface area contributed by atoms with E-state index < -0.39 is 24.4 Å². The SMILES string of the molecule is CCCCCCOc1cccc(CCCNC(=O)CC(O)C(=O)O)c1. The Morgan fingerprint density at radius 1 is 1.20 bits per heavy atom. The van der Waals surface area contributed by atoms with Gasteiger partial charge in [-0.3, -0.25) is 4.79 Å². The minimum atomic E-state index is -1.65. The molecule has 1 rings (SSSR count). The molecule has 0 aromatic heterocycles. The predicted molar refractivity (Wildman–Crippen MR) is 95.7 cm³/mol. The molecule has 1 atom stereocenters. The Kier molecular flexibility index (Phi) is 10.3. The lowest BCUT2D eigenvalue weighted by Crippen LogP contribution is -2.31. The molecule has 3 N–H and O–H groups in total. The van der Waals surface area contributed by atoms with Crippen molar-refractivity contribution in [2.75, 3.05) is 13.2 Å². The summed E-state index contributed by atoms with van der Waals surface area (Å²) in [7, 11) is 0. The lowest BCUT2D eigenvalue weighted by Gasteiger charge is -2.09. The molecule has 0 saturated carbocycles. The number of carbonyl (C=O) groups excluding carboxylic acids is 1. The summed E-state index contributed by atoms with van der Waals surface area (Å²) in [6, 6.07) is 7.92. The first kappa shape index (κ1) is 21.0. The fourth-order valence-corrected chi connectivity index (χ4v) is 2.37. The Morgan fingerprint density at radius 2 is 2.00 bits per heavy atom. The standard InChI is InChI=1S/C19H29NO5/c1-2-3-4-5-12-25-16-10-6-8-15(13-16)9-7-11-20-18(22)14-17(21)19(23)24/h6,8,10,13,17,21H,2-5,7,9,11-12,14H2,1H3,(H,20,22)(H,23,24). The van der Waals surface area contributed by atoms with E-state index in [0.717, 1.165) is 37.2 Å². The van der Waals surface area contributed by atoms with Gasteiger partial charge in [0.2, 0.25) is 5.91 Å². The molecule has 0 bridgehead atoms. The summed E-state index contributed by atoms with van der Waals surface area (Å²) in [5.41, 5.74) is 1.13. The summed E-state index contributed by atoms with van der Waals surface area (Å²) < 4.78 is 5.75. The number of amides is 1. The molecule has 140 valence electrons. The van der Waals surface area contributed by atoms with Gasteiger partial charge in [0.15, 0.2) is 6.10 Å². The minimum Gasteiger partial charge on any atom is -0.494 e. The number of aliphatic carboxylic acids is 1. The lowest BCUT2D eigenvalue weighted by molar-refractivity contribution is -0.149. The molecule has 0 saturated heterocycles. The van der Waals surface area contributed by atoms with Crippen LogP contribution in [0.4, 0.5) is 0 Å². The molecule has 0 heterocycles. The van der Waals surface area contributed by atoms with E-state index in [1.807, 2.05) is 24.3 Å². The van der Waals surface area contributed by atoms with E-state index >= 15 is 0 Å². The molecule has 1 unspecified atom stereocenters. The number of carboxylic acid groups (broad SMARTS) is 1. The summed E-state index contributed by atoms with van der Waals surface area (Å²) in [4.78, 5) is 21.9. The summed E-state index contributed by atoms with van der Waals surface area (Å²) in [5.74, 6) is -0.983. The van der Waals surface area contributed by atoms with Crippen molar-refractivity contribution in [2.45, 2.75) is 58.0 Å². The Morgan fingerprint density at radius 3 is 2.72 bits per heavy atom. The predicted octanol–water partition coefficient (Wildman–Crippen LogP) is 2.53. The van der Waals surface area contributed by atoms with Crippen LogP contribution in [0.15, 0.2) is 24.3 Å². The van der Waals surface area contributed by atoms with Gasteiger partial charge in [-0.05, 0) is 37.0 Å². The maximum absolute atomic E-state index is 11.5. The summed E-state index contributed by atoms with van der Waals surface area (Å²) in [6.07, 6.45) is 4.14. The molecule has 25 heavy (non-hydrogen) atoms. The van der Waals surface area contributed by atoms with Gasteiger partial charge in [0.25, 0.3) is 0 Å². The van der Waals surface area contributed by atoms with E-state index in [9.17, 15) is 9.59 Å². The number of benzene rings is 1. The van der Waals surface area contributed by atoms with Crippen LogP contribution in [0, 0.1) is 0 Å². The van der Waals surface area contributed by atoms with Crippen molar-refractivity contribution >= 4 is 11.9 Å². The lowest BCUT2D eigenvalue weighted by atomic mass is 10.1. The zero-order chi connectivity index (χ0) is 18.5. The monoisotopic (exact) mass is 351 g/mol. The zero-order valence-electron chi connectivity index (χ0n) is 14.9. The quantitative estimate of drug-likeness (QED) is 0.475. The Bertz CT molecular complexity index is 532. The van der Waals surface area contributed by atoms with Crippen molar-refractivity contribution in [1.82, 2.24) is 5.32 Å². The van der Waals surface area contributed by atoms with Crippen LogP contribution in [0.5, 0.6) is 5.75 Å². The average molecular weight is 351 g/mol. The fourth-order valence-electron chi connectivity index (χ4n) is 2.37. The molecule has 6 nitrogen and oxygen atoms in total. The molecule has 0 spiro atoms. The van der Waals surface area contributed by atoms with Crippen LogP contribution in [0.25, 0.3) is 0 Å². The van der Waals surface area contributed by atoms with Crippen molar-refractivity contribution in [3.63, 3.8) is 0 Å². The number of carboxylic acids is 1. The van der Waals surface area contributed by atoms with Gasteiger partial charge in [-0.1, -0.05) is 38.3 Å². The number of hydrogen-bond acceptors (Lipinski definition) is 4. The van der Waals surface area contributed by atoms with Gasteiger partial charge in [-0.2, -0.15) is 0 Å². The largest absolute Gasteiger partial charge is 0.494 e. The minimum absolute atomic E-state index is 0.420. The van der Waals surface area contributed by atoms with Gasteiger partial charge < -0.3 is 20.3 Å². The van der Waals surface area contributed by atoms with E-state index in [1.54, 1.807) is 0 Å². The maximum atomic E-state index is 11.5. The van der Waals surface area contributed by atoms with Gasteiger partial charge in [0.1, 0.15) is 5.75 Å². The van der Waals surface area contributed by atoms with Crippen LogP contribution in [-0.4, -0.2) is 41.3 Å². The molecule has 0 aliphatic rings. The number of carbonyl (C=O) groups is 2. The van der Waals surface area contributed by atoms with Gasteiger partial charge in [0.05, 0.1) is 13.0 Å². The van der Waals surface area contributed by atoms with Crippen LogP contribution in [-0.2, 0) is 16.0 Å². The Balaban J connectivity index is 2.23. The smallest absolute Gasteiger partial charge is 0.333 e. The summed E-state index contributed by atoms with van der Waals surface area (Å²) in [5, 5.41) is 20.3. The number of unbranched alkanes of at least 4 members (excludes halogenated alkanes) is 3. The van der Waals surface area contributed by atoms with Gasteiger partial charge in [0, 0.05) is 6.54 Å². The van der Waals surface area contributed by atoms with Crippen molar-refractivity contribution in [3.05, 3.63) is 29.8 Å². The summed E-state index contributed by atoms with van der Waals surface area (Å²) in [6.45, 7) is 3.35. The maximum Gasteiger partial charge on any atom is 0.333 e. The van der Waals surface area contributed by atoms with Gasteiger partial charge in [-0.15, -0.1) is 0 Å². The van der Waals surface area contributed by atoms with E-state index in [4.69, 9.17) is 14.9 Å². The van der Waals surface area contributed by atoms with Crippen LogP contribution in [0.3, 0.4) is 0 Å².